The lowest BCUT2D eigenvalue weighted by atomic mass is 10.1. The van der Waals surface area contributed by atoms with Gasteiger partial charge >= 0.3 is 0 Å². The van der Waals surface area contributed by atoms with Gasteiger partial charge in [0.2, 0.25) is 0 Å². The Hall–Kier alpha value is -0.540. The van der Waals surface area contributed by atoms with Gasteiger partial charge in [-0.25, -0.2) is 0 Å². The van der Waals surface area contributed by atoms with Crippen molar-refractivity contribution in [3.05, 3.63) is 16.9 Å². The maximum Gasteiger partial charge on any atom is 0.0833 e. The molecule has 1 N–H and O–H groups in total. The van der Waals surface area contributed by atoms with Crippen LogP contribution in [0.3, 0.4) is 0 Å². The van der Waals surface area contributed by atoms with Crippen molar-refractivity contribution in [2.75, 3.05) is 6.54 Å². The van der Waals surface area contributed by atoms with Gasteiger partial charge in [-0.2, -0.15) is 5.10 Å². The molecule has 0 amide bonds. The Kier molecular flexibility index (Phi) is 3.08. The molecule has 2 heterocycles. The quantitative estimate of drug-likeness (QED) is 0.776. The van der Waals surface area contributed by atoms with E-state index < -0.39 is 0 Å². The highest BCUT2D eigenvalue weighted by Gasteiger charge is 2.19. The summed E-state index contributed by atoms with van der Waals surface area (Å²) in [7, 11) is 1.95. The van der Waals surface area contributed by atoms with Crippen LogP contribution < -0.4 is 5.32 Å². The van der Waals surface area contributed by atoms with Crippen LogP contribution in [0.4, 0.5) is 0 Å². The van der Waals surface area contributed by atoms with Gasteiger partial charge in [-0.05, 0) is 19.4 Å². The van der Waals surface area contributed by atoms with Gasteiger partial charge in [0.1, 0.15) is 0 Å². The van der Waals surface area contributed by atoms with Crippen molar-refractivity contribution in [1.29, 1.82) is 0 Å². The number of nitrogens with zero attached hydrogens (tertiary/aromatic N) is 2. The maximum absolute atomic E-state index is 6.11. The molecule has 1 aliphatic rings. The Morgan fingerprint density at radius 3 is 3.07 bits per heavy atom. The highest BCUT2D eigenvalue weighted by molar-refractivity contribution is 6.31. The molecule has 1 aromatic rings. The molecule has 0 aromatic carbocycles. The van der Waals surface area contributed by atoms with Crippen LogP contribution in [0.1, 0.15) is 37.4 Å². The summed E-state index contributed by atoms with van der Waals surface area (Å²) in [6.45, 7) is 1.09. The fourth-order valence-corrected chi connectivity index (χ4v) is 2.37. The van der Waals surface area contributed by atoms with E-state index in [9.17, 15) is 0 Å². The maximum atomic E-state index is 6.11. The van der Waals surface area contributed by atoms with Crippen LogP contribution in [-0.2, 0) is 7.05 Å². The van der Waals surface area contributed by atoms with Gasteiger partial charge in [0.05, 0.1) is 23.0 Å². The molecule has 1 fully saturated rings. The largest absolute Gasteiger partial charge is 0.309 e. The number of aromatic nitrogens is 2. The van der Waals surface area contributed by atoms with Crippen molar-refractivity contribution in [2.45, 2.75) is 31.7 Å². The Balaban J connectivity index is 2.19. The van der Waals surface area contributed by atoms with E-state index in [0.717, 1.165) is 17.3 Å². The van der Waals surface area contributed by atoms with Gasteiger partial charge in [0.25, 0.3) is 0 Å². The average molecular weight is 214 g/mol. The third-order valence-electron chi connectivity index (χ3n) is 2.83. The van der Waals surface area contributed by atoms with Gasteiger partial charge in [0, 0.05) is 7.05 Å². The zero-order chi connectivity index (χ0) is 9.97. The molecule has 1 atom stereocenters. The number of aryl methyl sites for hydroxylation is 1. The van der Waals surface area contributed by atoms with E-state index in [1.165, 1.54) is 25.7 Å². The highest BCUT2D eigenvalue weighted by Crippen LogP contribution is 2.27. The Bertz CT molecular complexity index is 281. The van der Waals surface area contributed by atoms with Gasteiger partial charge in [-0.15, -0.1) is 0 Å². The van der Waals surface area contributed by atoms with Crippen LogP contribution in [0.25, 0.3) is 0 Å². The fourth-order valence-electron chi connectivity index (χ4n) is 2.07. The van der Waals surface area contributed by atoms with Crippen molar-refractivity contribution in [3.63, 3.8) is 0 Å². The minimum atomic E-state index is 0.387. The van der Waals surface area contributed by atoms with Crippen LogP contribution in [0.5, 0.6) is 0 Å². The lowest BCUT2D eigenvalue weighted by molar-refractivity contribution is 0.495. The van der Waals surface area contributed by atoms with Gasteiger partial charge in [0.15, 0.2) is 0 Å². The van der Waals surface area contributed by atoms with Gasteiger partial charge in [-0.1, -0.05) is 24.4 Å². The van der Waals surface area contributed by atoms with E-state index in [2.05, 4.69) is 10.4 Å². The summed E-state index contributed by atoms with van der Waals surface area (Å²) >= 11 is 6.11. The van der Waals surface area contributed by atoms with E-state index in [1.54, 1.807) is 6.20 Å². The molecule has 4 heteroatoms. The third-order valence-corrected chi connectivity index (χ3v) is 3.12. The first-order chi connectivity index (χ1) is 6.79. The molecule has 0 spiro atoms. The Labute approximate surface area is 89.4 Å². The minimum absolute atomic E-state index is 0.387. The highest BCUT2D eigenvalue weighted by atomic mass is 35.5. The molecule has 3 nitrogen and oxygen atoms in total. The summed E-state index contributed by atoms with van der Waals surface area (Å²) in [4.78, 5) is 0. The first-order valence-electron chi connectivity index (χ1n) is 5.20. The fraction of sp³-hybridized carbons (Fsp3) is 0.700. The van der Waals surface area contributed by atoms with Crippen LogP contribution in [0.2, 0.25) is 5.02 Å². The lowest BCUT2D eigenvalue weighted by Gasteiger charge is -2.16. The molecule has 1 aliphatic heterocycles. The predicted molar refractivity (Wildman–Crippen MR) is 57.4 cm³/mol. The molecule has 1 aromatic heterocycles. The number of hydrogen-bond donors (Lipinski definition) is 1. The predicted octanol–water partition coefficient (Wildman–Crippen LogP) is 2.28. The first-order valence-corrected chi connectivity index (χ1v) is 5.57. The van der Waals surface area contributed by atoms with Crippen molar-refractivity contribution in [2.24, 2.45) is 7.05 Å². The van der Waals surface area contributed by atoms with Crippen LogP contribution >= 0.6 is 11.6 Å². The molecule has 1 saturated heterocycles. The van der Waals surface area contributed by atoms with E-state index >= 15 is 0 Å². The van der Waals surface area contributed by atoms with E-state index in [-0.39, 0.29) is 0 Å². The van der Waals surface area contributed by atoms with Crippen LogP contribution in [0.15, 0.2) is 6.20 Å². The van der Waals surface area contributed by atoms with Gasteiger partial charge in [-0.3, -0.25) is 4.68 Å². The molecule has 0 unspecified atom stereocenters. The summed E-state index contributed by atoms with van der Waals surface area (Å²) in [5.74, 6) is 0. The molecule has 14 heavy (non-hydrogen) atoms. The van der Waals surface area contributed by atoms with Crippen LogP contribution in [0, 0.1) is 0 Å². The smallest absolute Gasteiger partial charge is 0.0833 e. The summed E-state index contributed by atoms with van der Waals surface area (Å²) in [5, 5.41) is 8.47. The summed E-state index contributed by atoms with van der Waals surface area (Å²) in [5.41, 5.74) is 1.13. The second-order valence-corrected chi connectivity index (χ2v) is 4.26. The summed E-state index contributed by atoms with van der Waals surface area (Å²) < 4.78 is 1.88. The molecule has 2 rings (SSSR count). The van der Waals surface area contributed by atoms with E-state index in [1.807, 2.05) is 11.7 Å². The van der Waals surface area contributed by atoms with Crippen molar-refractivity contribution >= 4 is 11.6 Å². The average Bonchev–Trinajstić information content (AvgIpc) is 2.45. The van der Waals surface area contributed by atoms with Crippen molar-refractivity contribution in [1.82, 2.24) is 15.1 Å². The van der Waals surface area contributed by atoms with E-state index in [0.29, 0.717) is 6.04 Å². The standard InChI is InChI=1S/C10H16ClN3/c1-14-10(8(11)7-13-14)9-5-3-2-4-6-12-9/h7,9,12H,2-6H2,1H3/t9-/m0/s1. The zero-order valence-corrected chi connectivity index (χ0v) is 9.22. The first kappa shape index (κ1) is 9.99. The van der Waals surface area contributed by atoms with E-state index in [4.69, 9.17) is 11.6 Å². The zero-order valence-electron chi connectivity index (χ0n) is 8.46. The minimum Gasteiger partial charge on any atom is -0.309 e. The third kappa shape index (κ3) is 1.93. The number of halogens is 1. The second kappa shape index (κ2) is 4.32. The molecule has 78 valence electrons. The van der Waals surface area contributed by atoms with Crippen LogP contribution in [-0.4, -0.2) is 16.3 Å². The Morgan fingerprint density at radius 2 is 2.36 bits per heavy atom. The monoisotopic (exact) mass is 213 g/mol. The number of hydrogen-bond acceptors (Lipinski definition) is 2. The summed E-state index contributed by atoms with van der Waals surface area (Å²) in [6, 6.07) is 0.387. The SMILES string of the molecule is Cn1ncc(Cl)c1[C@@H]1CCCCCN1. The topological polar surface area (TPSA) is 29.9 Å². The Morgan fingerprint density at radius 1 is 1.50 bits per heavy atom. The molecule has 0 saturated carbocycles. The summed E-state index contributed by atoms with van der Waals surface area (Å²) in [6.07, 6.45) is 6.76. The molecule has 0 aliphatic carbocycles. The number of nitrogens with one attached hydrogen (secondary N) is 1. The molecule has 0 radical (unpaired) electrons. The molecule has 0 bridgehead atoms. The molecular formula is C10H16ClN3. The van der Waals surface area contributed by atoms with Crippen molar-refractivity contribution in [3.8, 4) is 0 Å². The lowest BCUT2D eigenvalue weighted by Crippen LogP contribution is -2.22. The van der Waals surface area contributed by atoms with Crippen molar-refractivity contribution < 1.29 is 0 Å². The van der Waals surface area contributed by atoms with Gasteiger partial charge < -0.3 is 5.32 Å². The number of rotatable bonds is 1. The molecular weight excluding hydrogens is 198 g/mol. The normalized spacial score (nSPS) is 23.4. The second-order valence-electron chi connectivity index (χ2n) is 3.86.